The first-order chi connectivity index (χ1) is 12.1. The van der Waals surface area contributed by atoms with Crippen LogP contribution >= 0.6 is 34.5 Å². The molecule has 0 N–H and O–H groups in total. The van der Waals surface area contributed by atoms with Gasteiger partial charge in [0.25, 0.3) is 5.91 Å². The van der Waals surface area contributed by atoms with Crippen LogP contribution in [0, 0.1) is 0 Å². The van der Waals surface area contributed by atoms with Crippen molar-refractivity contribution in [2.75, 3.05) is 11.4 Å². The van der Waals surface area contributed by atoms with Crippen molar-refractivity contribution in [3.8, 4) is 11.3 Å². The van der Waals surface area contributed by atoms with Crippen LogP contribution in [-0.2, 0) is 0 Å². The van der Waals surface area contributed by atoms with E-state index in [-0.39, 0.29) is 5.91 Å². The number of pyridine rings is 1. The quantitative estimate of drug-likeness (QED) is 0.552. The summed E-state index contributed by atoms with van der Waals surface area (Å²) < 4.78 is 0. The van der Waals surface area contributed by atoms with E-state index < -0.39 is 0 Å². The third kappa shape index (κ3) is 3.90. The first-order valence-corrected chi connectivity index (χ1v) is 8.98. The predicted octanol–water partition coefficient (Wildman–Crippen LogP) is 5.34. The van der Waals surface area contributed by atoms with Gasteiger partial charge in [0.05, 0.1) is 15.7 Å². The van der Waals surface area contributed by atoms with Crippen molar-refractivity contribution in [2.45, 2.75) is 0 Å². The van der Waals surface area contributed by atoms with Gasteiger partial charge >= 0.3 is 0 Å². The lowest BCUT2D eigenvalue weighted by molar-refractivity contribution is 0.0985. The summed E-state index contributed by atoms with van der Waals surface area (Å²) in [6, 6.07) is 10.5. The van der Waals surface area contributed by atoms with Gasteiger partial charge < -0.3 is 0 Å². The minimum absolute atomic E-state index is 0.226. The van der Waals surface area contributed by atoms with Crippen LogP contribution < -0.4 is 4.90 Å². The Labute approximate surface area is 159 Å². The molecule has 3 rings (SSSR count). The van der Waals surface area contributed by atoms with E-state index in [4.69, 9.17) is 23.2 Å². The maximum atomic E-state index is 12.7. The Bertz CT molecular complexity index is 912. The molecule has 0 bridgehead atoms. The van der Waals surface area contributed by atoms with Crippen LogP contribution in [0.15, 0.2) is 60.6 Å². The molecule has 0 radical (unpaired) electrons. The van der Waals surface area contributed by atoms with Crippen molar-refractivity contribution in [1.82, 2.24) is 9.97 Å². The number of hydrogen-bond acceptors (Lipinski definition) is 4. The van der Waals surface area contributed by atoms with E-state index in [2.05, 4.69) is 16.5 Å². The van der Waals surface area contributed by atoms with Crippen molar-refractivity contribution >= 4 is 45.6 Å². The van der Waals surface area contributed by atoms with Crippen molar-refractivity contribution in [2.24, 2.45) is 0 Å². The summed E-state index contributed by atoms with van der Waals surface area (Å²) in [6.07, 6.45) is 3.24. The molecule has 0 spiro atoms. The molecule has 0 unspecified atom stereocenters. The molecule has 0 atom stereocenters. The average molecular weight is 390 g/mol. The highest BCUT2D eigenvalue weighted by Gasteiger charge is 2.21. The largest absolute Gasteiger partial charge is 0.279 e. The number of aromatic nitrogens is 2. The zero-order chi connectivity index (χ0) is 17.8. The highest BCUT2D eigenvalue weighted by atomic mass is 35.5. The SMILES string of the molecule is C=CCN(C(=O)c1ccccn1)c1nc(-c2ccc(Cl)c(Cl)c2)cs1. The molecule has 4 nitrogen and oxygen atoms in total. The summed E-state index contributed by atoms with van der Waals surface area (Å²) in [5.41, 5.74) is 1.91. The predicted molar refractivity (Wildman–Crippen MR) is 104 cm³/mol. The average Bonchev–Trinajstić information content (AvgIpc) is 3.12. The number of benzene rings is 1. The Hall–Kier alpha value is -2.21. The van der Waals surface area contributed by atoms with Gasteiger partial charge in [-0.05, 0) is 24.3 Å². The summed E-state index contributed by atoms with van der Waals surface area (Å²) in [4.78, 5) is 22.9. The van der Waals surface area contributed by atoms with Gasteiger partial charge in [-0.25, -0.2) is 4.98 Å². The first-order valence-electron chi connectivity index (χ1n) is 7.35. The molecule has 0 aliphatic carbocycles. The Morgan fingerprint density at radius 2 is 2.08 bits per heavy atom. The Morgan fingerprint density at radius 1 is 1.24 bits per heavy atom. The number of anilines is 1. The molecule has 0 fully saturated rings. The van der Waals surface area contributed by atoms with Gasteiger partial charge in [0.15, 0.2) is 5.13 Å². The number of nitrogens with zero attached hydrogens (tertiary/aromatic N) is 3. The van der Waals surface area contributed by atoms with Gasteiger partial charge in [-0.2, -0.15) is 0 Å². The van der Waals surface area contributed by atoms with Crippen LogP contribution in [0.25, 0.3) is 11.3 Å². The second-order valence-corrected chi connectivity index (χ2v) is 6.71. The van der Waals surface area contributed by atoms with Crippen LogP contribution in [0.1, 0.15) is 10.5 Å². The van der Waals surface area contributed by atoms with Crippen LogP contribution in [0.3, 0.4) is 0 Å². The molecule has 0 saturated carbocycles. The summed E-state index contributed by atoms with van der Waals surface area (Å²) in [6.45, 7) is 4.06. The van der Waals surface area contributed by atoms with E-state index in [0.717, 1.165) is 11.3 Å². The number of carbonyl (C=O) groups excluding carboxylic acids is 1. The van der Waals surface area contributed by atoms with Crippen LogP contribution in [0.5, 0.6) is 0 Å². The fraction of sp³-hybridized carbons (Fsp3) is 0.0556. The zero-order valence-corrected chi connectivity index (χ0v) is 15.4. The summed E-state index contributed by atoms with van der Waals surface area (Å²) in [5, 5.41) is 3.38. The van der Waals surface area contributed by atoms with Crippen LogP contribution in [-0.4, -0.2) is 22.4 Å². The molecule has 1 amide bonds. The van der Waals surface area contributed by atoms with Crippen molar-refractivity contribution in [1.29, 1.82) is 0 Å². The number of halogens is 2. The summed E-state index contributed by atoms with van der Waals surface area (Å²) in [7, 11) is 0. The lowest BCUT2D eigenvalue weighted by Gasteiger charge is -2.17. The minimum Gasteiger partial charge on any atom is -0.279 e. The summed E-state index contributed by atoms with van der Waals surface area (Å²) >= 11 is 13.4. The number of thiazole rings is 1. The first kappa shape index (κ1) is 17.6. The molecule has 2 aromatic heterocycles. The second-order valence-electron chi connectivity index (χ2n) is 5.06. The maximum Gasteiger partial charge on any atom is 0.278 e. The van der Waals surface area contributed by atoms with Crippen molar-refractivity contribution in [3.63, 3.8) is 0 Å². The molecule has 126 valence electrons. The van der Waals surface area contributed by atoms with Crippen LogP contribution in [0.2, 0.25) is 10.0 Å². The molecule has 1 aromatic carbocycles. The third-order valence-corrected chi connectivity index (χ3v) is 4.98. The zero-order valence-electron chi connectivity index (χ0n) is 13.0. The molecule has 0 aliphatic heterocycles. The molecule has 25 heavy (non-hydrogen) atoms. The molecule has 3 aromatic rings. The molecule has 2 heterocycles. The van der Waals surface area contributed by atoms with Gasteiger partial charge in [0, 0.05) is 23.7 Å². The second kappa shape index (κ2) is 7.78. The van der Waals surface area contributed by atoms with Crippen LogP contribution in [0.4, 0.5) is 5.13 Å². The fourth-order valence-electron chi connectivity index (χ4n) is 2.18. The van der Waals surface area contributed by atoms with E-state index in [0.29, 0.717) is 27.4 Å². The molecule has 7 heteroatoms. The van der Waals surface area contributed by atoms with E-state index in [9.17, 15) is 4.79 Å². The fourth-order valence-corrected chi connectivity index (χ4v) is 3.32. The van der Waals surface area contributed by atoms with Gasteiger partial charge in [0.1, 0.15) is 5.69 Å². The lowest BCUT2D eigenvalue weighted by Crippen LogP contribution is -2.31. The van der Waals surface area contributed by atoms with E-state index in [1.807, 2.05) is 11.4 Å². The Kier molecular flexibility index (Phi) is 5.48. The van der Waals surface area contributed by atoms with Gasteiger partial charge in [-0.15, -0.1) is 17.9 Å². The normalized spacial score (nSPS) is 10.5. The Morgan fingerprint density at radius 3 is 2.76 bits per heavy atom. The smallest absolute Gasteiger partial charge is 0.278 e. The van der Waals surface area contributed by atoms with Gasteiger partial charge in [-0.1, -0.05) is 41.4 Å². The standard InChI is InChI=1S/C18H13Cl2N3OS/c1-2-9-23(17(24)15-5-3-4-8-21-15)18-22-16(11-25-18)12-6-7-13(19)14(20)10-12/h2-8,10-11H,1,9H2. The van der Waals surface area contributed by atoms with Crippen molar-refractivity contribution in [3.05, 3.63) is 76.4 Å². The molecule has 0 aliphatic rings. The topological polar surface area (TPSA) is 46.1 Å². The number of hydrogen-bond donors (Lipinski definition) is 0. The maximum absolute atomic E-state index is 12.7. The highest BCUT2D eigenvalue weighted by Crippen LogP contribution is 2.32. The van der Waals surface area contributed by atoms with E-state index >= 15 is 0 Å². The molecular formula is C18H13Cl2N3OS. The third-order valence-electron chi connectivity index (χ3n) is 3.38. The minimum atomic E-state index is -0.226. The summed E-state index contributed by atoms with van der Waals surface area (Å²) in [5.74, 6) is -0.226. The lowest BCUT2D eigenvalue weighted by atomic mass is 10.2. The number of amides is 1. The molecular weight excluding hydrogens is 377 g/mol. The van der Waals surface area contributed by atoms with Gasteiger partial charge in [0.2, 0.25) is 0 Å². The van der Waals surface area contributed by atoms with E-state index in [1.165, 1.54) is 11.3 Å². The molecule has 0 saturated heterocycles. The number of carbonyl (C=O) groups is 1. The Balaban J connectivity index is 1.93. The monoisotopic (exact) mass is 389 g/mol. The van der Waals surface area contributed by atoms with Crippen molar-refractivity contribution < 1.29 is 4.79 Å². The van der Waals surface area contributed by atoms with Gasteiger partial charge in [-0.3, -0.25) is 14.7 Å². The number of rotatable bonds is 5. The van der Waals surface area contributed by atoms with E-state index in [1.54, 1.807) is 47.5 Å². The highest BCUT2D eigenvalue weighted by molar-refractivity contribution is 7.14.